The molecule has 7 nitrogen and oxygen atoms in total. The van der Waals surface area contributed by atoms with Gasteiger partial charge in [-0.15, -0.1) is 0 Å². The first-order chi connectivity index (χ1) is 17.1. The first-order valence-electron chi connectivity index (χ1n) is 13.0. The Labute approximate surface area is 207 Å². The molecule has 5 aliphatic rings. The molecule has 2 aromatic carbocycles. The van der Waals surface area contributed by atoms with Crippen molar-refractivity contribution in [2.45, 2.75) is 38.3 Å². The molecule has 0 saturated carbocycles. The van der Waals surface area contributed by atoms with Gasteiger partial charge in [0.1, 0.15) is 11.9 Å². The fourth-order valence-corrected chi connectivity index (χ4v) is 6.07. The van der Waals surface area contributed by atoms with E-state index < -0.39 is 0 Å². The molecule has 7 heteroatoms. The van der Waals surface area contributed by atoms with E-state index in [1.54, 1.807) is 0 Å². The van der Waals surface area contributed by atoms with Crippen molar-refractivity contribution in [1.29, 1.82) is 0 Å². The Kier molecular flexibility index (Phi) is 6.29. The van der Waals surface area contributed by atoms with Crippen LogP contribution in [0.2, 0.25) is 0 Å². The van der Waals surface area contributed by atoms with Crippen LogP contribution in [-0.4, -0.2) is 69.6 Å². The minimum absolute atomic E-state index is 0.0165. The zero-order chi connectivity index (χ0) is 23.8. The molecule has 1 N–H and O–H groups in total. The Morgan fingerprint density at radius 1 is 0.971 bits per heavy atom. The molecular weight excluding hydrogens is 442 g/mol. The maximum absolute atomic E-state index is 12.7. The smallest absolute Gasteiger partial charge is 0.407 e. The van der Waals surface area contributed by atoms with E-state index in [1.807, 2.05) is 0 Å². The quantitative estimate of drug-likeness (QED) is 0.714. The van der Waals surface area contributed by atoms with Crippen molar-refractivity contribution in [1.82, 2.24) is 10.2 Å². The molecule has 2 atom stereocenters. The number of aryl methyl sites for hydroxylation is 1. The number of alkyl carbamates (subject to hydrolysis) is 1. The monoisotopic (exact) mass is 477 g/mol. The summed E-state index contributed by atoms with van der Waals surface area (Å²) in [5.41, 5.74) is 5.85. The summed E-state index contributed by atoms with van der Waals surface area (Å²) in [5.74, 6) is 1.35. The Bertz CT molecular complexity index is 1080. The van der Waals surface area contributed by atoms with E-state index in [-0.39, 0.29) is 18.2 Å². The van der Waals surface area contributed by atoms with Gasteiger partial charge in [0, 0.05) is 37.3 Å². The highest BCUT2D eigenvalue weighted by atomic mass is 16.6. The number of nitrogens with zero attached hydrogens (tertiary/aromatic N) is 2. The third-order valence-electron chi connectivity index (χ3n) is 8.08. The standard InChI is InChI=1S/C28H35N3O4/c1-19-16-21(3-5-25(19)31-11-14-33-15-12-31)22-2-4-23-24(8-13-34-26(23)17-22)29-28(32)35-27-18-30-9-6-20(27)7-10-30/h2-5,16-17,20,24,27H,6-15,18H2,1H3,(H,29,32)/t24?,27-/m1/s1. The molecule has 4 saturated heterocycles. The second-order valence-electron chi connectivity index (χ2n) is 10.3. The Morgan fingerprint density at radius 2 is 1.74 bits per heavy atom. The predicted molar refractivity (Wildman–Crippen MR) is 135 cm³/mol. The van der Waals surface area contributed by atoms with Crippen molar-refractivity contribution in [3.05, 3.63) is 47.5 Å². The zero-order valence-corrected chi connectivity index (χ0v) is 20.5. The van der Waals surface area contributed by atoms with E-state index in [0.29, 0.717) is 12.5 Å². The number of rotatable bonds is 4. The van der Waals surface area contributed by atoms with Gasteiger partial charge in [-0.1, -0.05) is 18.2 Å². The number of fused-ring (bicyclic) bond motifs is 4. The number of carbonyl (C=O) groups is 1. The molecule has 0 radical (unpaired) electrons. The molecule has 4 fully saturated rings. The summed E-state index contributed by atoms with van der Waals surface area (Å²) in [6, 6.07) is 12.9. The van der Waals surface area contributed by atoms with Crippen molar-refractivity contribution in [3.8, 4) is 16.9 Å². The number of morpholine rings is 1. The van der Waals surface area contributed by atoms with Crippen LogP contribution in [-0.2, 0) is 9.47 Å². The van der Waals surface area contributed by atoms with E-state index in [0.717, 1.165) is 82.1 Å². The summed E-state index contributed by atoms with van der Waals surface area (Å²) < 4.78 is 17.4. The number of anilines is 1. The minimum atomic E-state index is -0.306. The largest absolute Gasteiger partial charge is 0.493 e. The van der Waals surface area contributed by atoms with Gasteiger partial charge in [0.25, 0.3) is 0 Å². The summed E-state index contributed by atoms with van der Waals surface area (Å²) in [4.78, 5) is 17.5. The lowest BCUT2D eigenvalue weighted by molar-refractivity contribution is -0.0342. The fourth-order valence-electron chi connectivity index (χ4n) is 6.07. The van der Waals surface area contributed by atoms with Crippen LogP contribution in [0.3, 0.4) is 0 Å². The maximum atomic E-state index is 12.7. The second kappa shape index (κ2) is 9.70. The Hall–Kier alpha value is -2.77. The topological polar surface area (TPSA) is 63.3 Å². The van der Waals surface area contributed by atoms with Crippen molar-refractivity contribution in [3.63, 3.8) is 0 Å². The molecule has 5 aliphatic heterocycles. The molecule has 186 valence electrons. The van der Waals surface area contributed by atoms with Gasteiger partial charge in [-0.25, -0.2) is 4.79 Å². The number of amides is 1. The highest BCUT2D eigenvalue weighted by molar-refractivity contribution is 5.72. The summed E-state index contributed by atoms with van der Waals surface area (Å²) in [7, 11) is 0. The van der Waals surface area contributed by atoms with Gasteiger partial charge in [0.05, 0.1) is 25.9 Å². The van der Waals surface area contributed by atoms with Crippen molar-refractivity contribution >= 4 is 11.8 Å². The highest BCUT2D eigenvalue weighted by Gasteiger charge is 2.37. The molecule has 1 unspecified atom stereocenters. The predicted octanol–water partition coefficient (Wildman–Crippen LogP) is 4.14. The van der Waals surface area contributed by atoms with Crippen LogP contribution >= 0.6 is 0 Å². The normalized spacial score (nSPS) is 27.6. The average molecular weight is 478 g/mol. The number of hydrogen-bond acceptors (Lipinski definition) is 6. The summed E-state index contributed by atoms with van der Waals surface area (Å²) >= 11 is 0. The third-order valence-corrected chi connectivity index (χ3v) is 8.08. The lowest BCUT2D eigenvalue weighted by Crippen LogP contribution is -2.52. The van der Waals surface area contributed by atoms with Gasteiger partial charge in [-0.2, -0.15) is 0 Å². The number of benzene rings is 2. The van der Waals surface area contributed by atoms with Crippen molar-refractivity contribution < 1.29 is 19.0 Å². The molecule has 2 bridgehead atoms. The zero-order valence-electron chi connectivity index (χ0n) is 20.5. The number of carbonyl (C=O) groups excluding carboxylic acids is 1. The van der Waals surface area contributed by atoms with E-state index in [9.17, 15) is 4.79 Å². The first kappa shape index (κ1) is 22.7. The van der Waals surface area contributed by atoms with Gasteiger partial charge < -0.3 is 24.4 Å². The summed E-state index contributed by atoms with van der Waals surface area (Å²) in [6.45, 7) is 9.33. The molecule has 5 heterocycles. The number of piperidine rings is 3. The van der Waals surface area contributed by atoms with Gasteiger partial charge in [0.2, 0.25) is 0 Å². The molecule has 1 amide bonds. The minimum Gasteiger partial charge on any atom is -0.493 e. The lowest BCUT2D eigenvalue weighted by atomic mass is 9.86. The van der Waals surface area contributed by atoms with Gasteiger partial charge in [0.15, 0.2) is 0 Å². The van der Waals surface area contributed by atoms with Crippen molar-refractivity contribution in [2.24, 2.45) is 5.92 Å². The molecular formula is C28H35N3O4. The number of nitrogens with one attached hydrogen (secondary N) is 1. The molecule has 35 heavy (non-hydrogen) atoms. The fraction of sp³-hybridized carbons (Fsp3) is 0.536. The Balaban J connectivity index is 1.14. The van der Waals surface area contributed by atoms with Crippen LogP contribution in [0, 0.1) is 12.8 Å². The van der Waals surface area contributed by atoms with Gasteiger partial charge in [-0.05, 0) is 73.7 Å². The van der Waals surface area contributed by atoms with E-state index >= 15 is 0 Å². The van der Waals surface area contributed by atoms with Crippen LogP contribution in [0.15, 0.2) is 36.4 Å². The molecule has 0 aliphatic carbocycles. The Morgan fingerprint density at radius 3 is 2.49 bits per heavy atom. The van der Waals surface area contributed by atoms with Crippen LogP contribution in [0.1, 0.15) is 36.4 Å². The second-order valence-corrected chi connectivity index (χ2v) is 10.3. The number of hydrogen-bond donors (Lipinski definition) is 1. The van der Waals surface area contributed by atoms with Crippen LogP contribution in [0.25, 0.3) is 11.1 Å². The van der Waals surface area contributed by atoms with Gasteiger partial charge >= 0.3 is 6.09 Å². The lowest BCUT2D eigenvalue weighted by Gasteiger charge is -2.44. The molecule has 0 aromatic heterocycles. The summed E-state index contributed by atoms with van der Waals surface area (Å²) in [5, 5.41) is 3.12. The third kappa shape index (κ3) is 4.71. The van der Waals surface area contributed by atoms with Gasteiger partial charge in [-0.3, -0.25) is 4.90 Å². The highest BCUT2D eigenvalue weighted by Crippen LogP contribution is 2.37. The SMILES string of the molecule is Cc1cc(-c2ccc3c(c2)OCCC3NC(=O)O[C@@H]2CN3CCC2CC3)ccc1N1CCOCC1. The van der Waals surface area contributed by atoms with Crippen LogP contribution < -0.4 is 15.0 Å². The molecule has 7 rings (SSSR count). The van der Waals surface area contributed by atoms with Crippen LogP contribution in [0.5, 0.6) is 5.75 Å². The maximum Gasteiger partial charge on any atom is 0.407 e. The van der Waals surface area contributed by atoms with Crippen LogP contribution in [0.4, 0.5) is 10.5 Å². The average Bonchev–Trinajstić information content (AvgIpc) is 2.89. The first-order valence-corrected chi connectivity index (χ1v) is 13.0. The summed E-state index contributed by atoms with van der Waals surface area (Å²) in [6.07, 6.45) is 2.72. The van der Waals surface area contributed by atoms with E-state index in [4.69, 9.17) is 14.2 Å². The molecule has 0 spiro atoms. The van der Waals surface area contributed by atoms with Crippen molar-refractivity contribution in [2.75, 3.05) is 57.4 Å². The molecule has 2 aromatic rings. The van der Waals surface area contributed by atoms with E-state index in [2.05, 4.69) is 58.4 Å². The number of ether oxygens (including phenoxy) is 3. The van der Waals surface area contributed by atoms with E-state index in [1.165, 1.54) is 16.8 Å².